The topological polar surface area (TPSA) is 94.5 Å². The third-order valence-corrected chi connectivity index (χ3v) is 3.59. The Morgan fingerprint density at radius 3 is 2.70 bits per heavy atom. The molecule has 0 amide bonds. The van der Waals surface area contributed by atoms with Crippen molar-refractivity contribution in [2.75, 3.05) is 0 Å². The van der Waals surface area contributed by atoms with Crippen molar-refractivity contribution in [2.24, 2.45) is 7.05 Å². The monoisotopic (exact) mass is 289 g/mol. The largest absolute Gasteiger partial charge is 0.508 e. The second-order valence-corrected chi connectivity index (χ2v) is 4.98. The number of hydrogen-bond donors (Lipinski definition) is 1. The number of rotatable bonds is 4. The Bertz CT molecular complexity index is 706. The number of tetrazole rings is 1. The molecule has 0 fully saturated rings. The van der Waals surface area contributed by atoms with E-state index in [1.54, 1.807) is 35.3 Å². The fraction of sp³-hybridized carbons (Fsp3) is 0.182. The van der Waals surface area contributed by atoms with Crippen molar-refractivity contribution in [3.8, 4) is 11.4 Å². The van der Waals surface area contributed by atoms with Gasteiger partial charge in [-0.2, -0.15) is 4.68 Å². The summed E-state index contributed by atoms with van der Waals surface area (Å²) in [5.74, 6) is 1.67. The van der Waals surface area contributed by atoms with E-state index in [9.17, 15) is 5.11 Å². The van der Waals surface area contributed by atoms with E-state index in [1.807, 2.05) is 11.6 Å². The van der Waals surface area contributed by atoms with Crippen LogP contribution >= 0.6 is 11.8 Å². The summed E-state index contributed by atoms with van der Waals surface area (Å²) in [4.78, 5) is 0. The van der Waals surface area contributed by atoms with Crippen molar-refractivity contribution >= 4 is 11.8 Å². The summed E-state index contributed by atoms with van der Waals surface area (Å²) in [6.45, 7) is 0. The van der Waals surface area contributed by atoms with E-state index in [1.165, 1.54) is 11.8 Å². The SMILES string of the molecule is Cn1cnnc1CSc1nnnn1-c1ccc(O)cc1. The van der Waals surface area contributed by atoms with E-state index in [0.29, 0.717) is 10.9 Å². The summed E-state index contributed by atoms with van der Waals surface area (Å²) in [5.41, 5.74) is 0.785. The zero-order chi connectivity index (χ0) is 13.9. The van der Waals surface area contributed by atoms with Gasteiger partial charge < -0.3 is 9.67 Å². The van der Waals surface area contributed by atoms with E-state index >= 15 is 0 Å². The average Bonchev–Trinajstić information content (AvgIpc) is 3.06. The minimum absolute atomic E-state index is 0.204. The van der Waals surface area contributed by atoms with E-state index in [2.05, 4.69) is 25.7 Å². The number of thioether (sulfide) groups is 1. The Kier molecular flexibility index (Phi) is 3.33. The van der Waals surface area contributed by atoms with E-state index < -0.39 is 0 Å². The van der Waals surface area contributed by atoms with E-state index in [0.717, 1.165) is 11.5 Å². The summed E-state index contributed by atoms with van der Waals surface area (Å²) >= 11 is 1.47. The van der Waals surface area contributed by atoms with Crippen LogP contribution < -0.4 is 0 Å². The molecule has 9 heteroatoms. The van der Waals surface area contributed by atoms with Crippen LogP contribution in [-0.2, 0) is 12.8 Å². The predicted molar refractivity (Wildman–Crippen MR) is 71.4 cm³/mol. The fourth-order valence-corrected chi connectivity index (χ4v) is 2.47. The van der Waals surface area contributed by atoms with Gasteiger partial charge in [0.05, 0.1) is 11.4 Å². The Morgan fingerprint density at radius 2 is 2.00 bits per heavy atom. The van der Waals surface area contributed by atoms with Gasteiger partial charge in [0.15, 0.2) is 0 Å². The molecule has 0 unspecified atom stereocenters. The number of aromatic nitrogens is 7. The van der Waals surface area contributed by atoms with Crippen LogP contribution in [0.25, 0.3) is 5.69 Å². The lowest BCUT2D eigenvalue weighted by molar-refractivity contribution is 0.475. The summed E-state index contributed by atoms with van der Waals surface area (Å²) in [6, 6.07) is 6.68. The van der Waals surface area contributed by atoms with Crippen LogP contribution in [0.3, 0.4) is 0 Å². The molecular weight excluding hydrogens is 278 g/mol. The molecule has 3 aromatic rings. The first-order valence-corrected chi connectivity index (χ1v) is 6.76. The van der Waals surface area contributed by atoms with E-state index in [4.69, 9.17) is 0 Å². The lowest BCUT2D eigenvalue weighted by Crippen LogP contribution is -2.00. The lowest BCUT2D eigenvalue weighted by atomic mass is 10.3. The number of nitrogens with zero attached hydrogens (tertiary/aromatic N) is 7. The molecule has 0 radical (unpaired) electrons. The van der Waals surface area contributed by atoms with Gasteiger partial charge in [0.2, 0.25) is 5.16 Å². The molecule has 1 N–H and O–H groups in total. The van der Waals surface area contributed by atoms with Gasteiger partial charge in [0, 0.05) is 7.05 Å². The van der Waals surface area contributed by atoms with Gasteiger partial charge in [-0.15, -0.1) is 15.3 Å². The van der Waals surface area contributed by atoms with Gasteiger partial charge >= 0.3 is 0 Å². The second-order valence-electron chi connectivity index (χ2n) is 4.04. The minimum Gasteiger partial charge on any atom is -0.508 e. The molecule has 0 spiro atoms. The standard InChI is InChI=1S/C11H11N7OS/c1-17-7-12-13-10(17)6-20-11-14-15-16-18(11)8-2-4-9(19)5-3-8/h2-5,7,19H,6H2,1H3. The van der Waals surface area contributed by atoms with Crippen LogP contribution in [0.2, 0.25) is 0 Å². The molecule has 0 aliphatic rings. The Balaban J connectivity index is 1.80. The van der Waals surface area contributed by atoms with Crippen molar-refractivity contribution in [3.63, 3.8) is 0 Å². The Hall–Kier alpha value is -2.42. The Labute approximate surface area is 118 Å². The highest BCUT2D eigenvalue weighted by atomic mass is 32.2. The van der Waals surface area contributed by atoms with Crippen molar-refractivity contribution < 1.29 is 5.11 Å². The van der Waals surface area contributed by atoms with Crippen molar-refractivity contribution in [1.29, 1.82) is 0 Å². The molecule has 0 saturated heterocycles. The zero-order valence-electron chi connectivity index (χ0n) is 10.6. The molecule has 2 heterocycles. The third-order valence-electron chi connectivity index (χ3n) is 2.67. The van der Waals surface area contributed by atoms with Crippen LogP contribution in [0.15, 0.2) is 35.7 Å². The van der Waals surface area contributed by atoms with Gasteiger partial charge in [-0.05, 0) is 34.7 Å². The maximum absolute atomic E-state index is 9.30. The van der Waals surface area contributed by atoms with Crippen molar-refractivity contribution in [1.82, 2.24) is 35.0 Å². The molecule has 0 saturated carbocycles. The van der Waals surface area contributed by atoms with Gasteiger partial charge in [-0.1, -0.05) is 11.8 Å². The molecule has 20 heavy (non-hydrogen) atoms. The molecule has 3 rings (SSSR count). The van der Waals surface area contributed by atoms with Crippen LogP contribution in [0, 0.1) is 0 Å². The Morgan fingerprint density at radius 1 is 1.20 bits per heavy atom. The molecular formula is C11H11N7OS. The first-order valence-electron chi connectivity index (χ1n) is 5.77. The smallest absolute Gasteiger partial charge is 0.214 e. The molecule has 2 aromatic heterocycles. The number of aryl methyl sites for hydroxylation is 1. The molecule has 1 aromatic carbocycles. The molecule has 102 valence electrons. The summed E-state index contributed by atoms with van der Waals surface area (Å²) < 4.78 is 3.46. The van der Waals surface area contributed by atoms with E-state index in [-0.39, 0.29) is 5.75 Å². The normalized spacial score (nSPS) is 10.8. The van der Waals surface area contributed by atoms with Crippen LogP contribution in [-0.4, -0.2) is 40.1 Å². The highest BCUT2D eigenvalue weighted by Gasteiger charge is 2.11. The van der Waals surface area contributed by atoms with Gasteiger partial charge in [-0.3, -0.25) is 0 Å². The minimum atomic E-state index is 0.204. The van der Waals surface area contributed by atoms with Crippen LogP contribution in [0.5, 0.6) is 5.75 Å². The van der Waals surface area contributed by atoms with Gasteiger partial charge in [0.1, 0.15) is 17.9 Å². The highest BCUT2D eigenvalue weighted by Crippen LogP contribution is 2.22. The van der Waals surface area contributed by atoms with Crippen molar-refractivity contribution in [3.05, 3.63) is 36.4 Å². The third kappa shape index (κ3) is 2.48. The molecule has 0 atom stereocenters. The molecule has 8 nitrogen and oxygen atoms in total. The van der Waals surface area contributed by atoms with Crippen LogP contribution in [0.1, 0.15) is 5.82 Å². The number of benzene rings is 1. The number of phenolic OH excluding ortho intramolecular Hbond substituents is 1. The molecule has 0 bridgehead atoms. The molecule has 0 aliphatic carbocycles. The summed E-state index contributed by atoms with van der Waals surface area (Å²) in [7, 11) is 1.89. The maximum atomic E-state index is 9.30. The first kappa shape index (κ1) is 12.6. The first-order chi connectivity index (χ1) is 9.74. The fourth-order valence-electron chi connectivity index (χ4n) is 1.59. The molecule has 0 aliphatic heterocycles. The number of phenols is 1. The summed E-state index contributed by atoms with van der Waals surface area (Å²) in [5, 5.41) is 29.4. The summed E-state index contributed by atoms with van der Waals surface area (Å²) in [6.07, 6.45) is 1.65. The van der Waals surface area contributed by atoms with Gasteiger partial charge in [-0.25, -0.2) is 0 Å². The highest BCUT2D eigenvalue weighted by molar-refractivity contribution is 7.98. The predicted octanol–water partition coefficient (Wildman–Crippen LogP) is 0.789. The average molecular weight is 289 g/mol. The zero-order valence-corrected chi connectivity index (χ0v) is 11.4. The maximum Gasteiger partial charge on any atom is 0.214 e. The number of aromatic hydroxyl groups is 1. The second kappa shape index (κ2) is 5.29. The lowest BCUT2D eigenvalue weighted by Gasteiger charge is -2.04. The van der Waals surface area contributed by atoms with Gasteiger partial charge in [0.25, 0.3) is 0 Å². The van der Waals surface area contributed by atoms with Crippen molar-refractivity contribution in [2.45, 2.75) is 10.9 Å². The quantitative estimate of drug-likeness (QED) is 0.709. The number of hydrogen-bond acceptors (Lipinski definition) is 7. The van der Waals surface area contributed by atoms with Crippen LogP contribution in [0.4, 0.5) is 0 Å².